The summed E-state index contributed by atoms with van der Waals surface area (Å²) in [4.78, 5) is 11.4. The van der Waals surface area contributed by atoms with Crippen LogP contribution in [0.3, 0.4) is 0 Å². The Balaban J connectivity index is 3.15. The van der Waals surface area contributed by atoms with Gasteiger partial charge in [-0.25, -0.2) is 4.39 Å². The average Bonchev–Trinajstić information content (AvgIpc) is 2.18. The van der Waals surface area contributed by atoms with Gasteiger partial charge in [-0.1, -0.05) is 23.9 Å². The molecule has 0 aliphatic carbocycles. The van der Waals surface area contributed by atoms with Crippen molar-refractivity contribution < 1.29 is 9.18 Å². The zero-order chi connectivity index (χ0) is 10.6. The van der Waals surface area contributed by atoms with Gasteiger partial charge < -0.3 is 5.32 Å². The molecular weight excluding hydrogens is 201 g/mol. The molecule has 1 aromatic rings. The highest BCUT2D eigenvalue weighted by Gasteiger charge is 2.14. The zero-order valence-corrected chi connectivity index (χ0v) is 8.95. The molecule has 1 N–H and O–H groups in total. The Morgan fingerprint density at radius 1 is 1.57 bits per heavy atom. The van der Waals surface area contributed by atoms with Gasteiger partial charge in [0.2, 0.25) is 5.12 Å². The van der Waals surface area contributed by atoms with Gasteiger partial charge in [0.1, 0.15) is 5.82 Å². The zero-order valence-electron chi connectivity index (χ0n) is 8.13. The highest BCUT2D eigenvalue weighted by atomic mass is 32.2. The molecule has 0 aromatic heterocycles. The summed E-state index contributed by atoms with van der Waals surface area (Å²) in [7, 11) is 1.76. The van der Waals surface area contributed by atoms with E-state index in [4.69, 9.17) is 0 Å². The number of carbonyl (C=O) groups is 1. The molecule has 0 saturated carbocycles. The number of rotatable bonds is 3. The lowest BCUT2D eigenvalue weighted by atomic mass is 10.1. The predicted octanol–water partition coefficient (Wildman–Crippen LogP) is 2.05. The van der Waals surface area contributed by atoms with Crippen LogP contribution in [-0.4, -0.2) is 18.4 Å². The van der Waals surface area contributed by atoms with Crippen LogP contribution in [0.5, 0.6) is 0 Å². The van der Waals surface area contributed by atoms with Crippen LogP contribution in [0.25, 0.3) is 0 Å². The van der Waals surface area contributed by atoms with E-state index in [0.717, 1.165) is 11.8 Å². The van der Waals surface area contributed by atoms with Crippen molar-refractivity contribution in [3.05, 3.63) is 35.1 Å². The Labute approximate surface area is 86.9 Å². The molecule has 4 heteroatoms. The number of carbonyl (C=O) groups excluding carboxylic acids is 1. The molecule has 14 heavy (non-hydrogen) atoms. The minimum Gasteiger partial charge on any atom is -0.316 e. The fraction of sp³-hybridized carbons (Fsp3) is 0.300. The van der Waals surface area contributed by atoms with E-state index in [9.17, 15) is 9.18 Å². The van der Waals surface area contributed by atoms with E-state index < -0.39 is 5.82 Å². The van der Waals surface area contributed by atoms with Gasteiger partial charge in [0.25, 0.3) is 0 Å². The summed E-state index contributed by atoms with van der Waals surface area (Å²) < 4.78 is 13.3. The van der Waals surface area contributed by atoms with Crippen LogP contribution in [0.2, 0.25) is 0 Å². The minimum absolute atomic E-state index is 0.189. The second-order valence-corrected chi connectivity index (χ2v) is 3.57. The van der Waals surface area contributed by atoms with Crippen molar-refractivity contribution in [3.63, 3.8) is 0 Å². The normalized spacial score (nSPS) is 10.2. The van der Waals surface area contributed by atoms with E-state index in [2.05, 4.69) is 5.32 Å². The maximum Gasteiger partial charge on any atom is 0.222 e. The molecule has 0 heterocycles. The van der Waals surface area contributed by atoms with Crippen LogP contribution in [0, 0.1) is 5.82 Å². The van der Waals surface area contributed by atoms with Crippen molar-refractivity contribution in [2.75, 3.05) is 13.3 Å². The van der Waals surface area contributed by atoms with Crippen LogP contribution in [0.4, 0.5) is 4.39 Å². The van der Waals surface area contributed by atoms with Crippen LogP contribution >= 0.6 is 11.8 Å². The van der Waals surface area contributed by atoms with Crippen LogP contribution in [-0.2, 0) is 6.54 Å². The molecule has 1 aromatic carbocycles. The largest absolute Gasteiger partial charge is 0.316 e. The van der Waals surface area contributed by atoms with E-state index in [-0.39, 0.29) is 10.7 Å². The molecule has 0 aliphatic rings. The lowest BCUT2D eigenvalue weighted by Crippen LogP contribution is -2.11. The average molecular weight is 213 g/mol. The van der Waals surface area contributed by atoms with Gasteiger partial charge in [-0.05, 0) is 24.9 Å². The Morgan fingerprint density at radius 2 is 2.29 bits per heavy atom. The van der Waals surface area contributed by atoms with Gasteiger partial charge in [0, 0.05) is 6.54 Å². The van der Waals surface area contributed by atoms with Gasteiger partial charge in [-0.2, -0.15) is 0 Å². The Kier molecular flexibility index (Phi) is 4.10. The molecule has 0 atom stereocenters. The molecule has 0 radical (unpaired) electrons. The van der Waals surface area contributed by atoms with Crippen molar-refractivity contribution in [2.45, 2.75) is 6.54 Å². The van der Waals surface area contributed by atoms with Crippen molar-refractivity contribution >= 4 is 16.9 Å². The summed E-state index contributed by atoms with van der Waals surface area (Å²) in [6.45, 7) is 0.499. The predicted molar refractivity (Wildman–Crippen MR) is 57.0 cm³/mol. The third kappa shape index (κ3) is 2.33. The standard InChI is InChI=1S/C10H12FNOS/c1-12-6-7-4-3-5-8(11)9(7)10(13)14-2/h3-5,12H,6H2,1-2H3. The highest BCUT2D eigenvalue weighted by molar-refractivity contribution is 8.13. The summed E-state index contributed by atoms with van der Waals surface area (Å²) in [5.41, 5.74) is 0.890. The van der Waals surface area contributed by atoms with Crippen molar-refractivity contribution in [1.29, 1.82) is 0 Å². The molecule has 0 saturated heterocycles. The summed E-state index contributed by atoms with van der Waals surface area (Å²) >= 11 is 1.03. The summed E-state index contributed by atoms with van der Waals surface area (Å²) in [5.74, 6) is -0.447. The first-order valence-electron chi connectivity index (χ1n) is 4.21. The fourth-order valence-electron chi connectivity index (χ4n) is 1.24. The van der Waals surface area contributed by atoms with Crippen LogP contribution < -0.4 is 5.32 Å². The van der Waals surface area contributed by atoms with Crippen molar-refractivity contribution in [3.8, 4) is 0 Å². The van der Waals surface area contributed by atoms with E-state index in [1.54, 1.807) is 25.4 Å². The summed E-state index contributed by atoms with van der Waals surface area (Å²) in [5, 5.41) is 2.67. The Morgan fingerprint density at radius 3 is 2.86 bits per heavy atom. The number of benzene rings is 1. The first-order chi connectivity index (χ1) is 6.70. The topological polar surface area (TPSA) is 29.1 Å². The Hall–Kier alpha value is -0.870. The molecular formula is C10H12FNOS. The second kappa shape index (κ2) is 5.12. The number of halogens is 1. The summed E-state index contributed by atoms with van der Waals surface area (Å²) in [6, 6.07) is 4.67. The molecule has 1 rings (SSSR count). The number of hydrogen-bond acceptors (Lipinski definition) is 3. The molecule has 0 bridgehead atoms. The SMILES string of the molecule is CNCc1cccc(F)c1C(=O)SC. The number of nitrogens with one attached hydrogen (secondary N) is 1. The summed E-state index contributed by atoms with van der Waals surface area (Å²) in [6.07, 6.45) is 1.65. The van der Waals surface area contributed by atoms with E-state index in [1.807, 2.05) is 0 Å². The third-order valence-electron chi connectivity index (χ3n) is 1.86. The molecule has 0 spiro atoms. The number of thioether (sulfide) groups is 1. The van der Waals surface area contributed by atoms with Gasteiger partial charge in [-0.15, -0.1) is 0 Å². The molecule has 0 unspecified atom stereocenters. The molecule has 0 aliphatic heterocycles. The van der Waals surface area contributed by atoms with Gasteiger partial charge in [0.15, 0.2) is 0 Å². The van der Waals surface area contributed by atoms with Crippen molar-refractivity contribution in [2.24, 2.45) is 0 Å². The lowest BCUT2D eigenvalue weighted by molar-refractivity contribution is 0.108. The quantitative estimate of drug-likeness (QED) is 0.833. The van der Waals surface area contributed by atoms with Gasteiger partial charge in [-0.3, -0.25) is 4.79 Å². The highest BCUT2D eigenvalue weighted by Crippen LogP contribution is 2.18. The van der Waals surface area contributed by atoms with E-state index in [0.29, 0.717) is 12.1 Å². The molecule has 0 amide bonds. The maximum atomic E-state index is 13.3. The first-order valence-corrected chi connectivity index (χ1v) is 5.43. The minimum atomic E-state index is -0.447. The van der Waals surface area contributed by atoms with Gasteiger partial charge in [0.05, 0.1) is 5.56 Å². The monoisotopic (exact) mass is 213 g/mol. The van der Waals surface area contributed by atoms with Crippen LogP contribution in [0.1, 0.15) is 15.9 Å². The molecule has 0 fully saturated rings. The van der Waals surface area contributed by atoms with Crippen molar-refractivity contribution in [1.82, 2.24) is 5.32 Å². The van der Waals surface area contributed by atoms with E-state index in [1.165, 1.54) is 6.07 Å². The number of hydrogen-bond donors (Lipinski definition) is 1. The smallest absolute Gasteiger partial charge is 0.222 e. The Bertz CT molecular complexity index is 341. The second-order valence-electron chi connectivity index (χ2n) is 2.80. The molecule has 76 valence electrons. The lowest BCUT2D eigenvalue weighted by Gasteiger charge is -2.07. The first kappa shape index (κ1) is 11.2. The van der Waals surface area contributed by atoms with Crippen LogP contribution in [0.15, 0.2) is 18.2 Å². The van der Waals surface area contributed by atoms with Gasteiger partial charge >= 0.3 is 0 Å². The molecule has 2 nitrogen and oxygen atoms in total. The van der Waals surface area contributed by atoms with E-state index >= 15 is 0 Å². The fourth-order valence-corrected chi connectivity index (χ4v) is 1.67. The maximum absolute atomic E-state index is 13.3. The third-order valence-corrected chi connectivity index (χ3v) is 2.43.